The zero-order valence-electron chi connectivity index (χ0n) is 10.0. The van der Waals surface area contributed by atoms with Crippen molar-refractivity contribution >= 4 is 6.72 Å². The van der Waals surface area contributed by atoms with Crippen LogP contribution in [0.2, 0.25) is 0 Å². The Hall–Kier alpha value is -0.930. The highest BCUT2D eigenvalue weighted by molar-refractivity contribution is 5.26. The number of nitrogens with zero attached hydrogens (tertiary/aromatic N) is 2. The van der Waals surface area contributed by atoms with Crippen LogP contribution < -0.4 is 0 Å². The SMILES string of the molecule is C=N/C=C\C(=C)C.CN1CCC(C)(O)C1. The number of aliphatic hydroxyl groups is 1. The van der Waals surface area contributed by atoms with Gasteiger partial charge in [0, 0.05) is 19.3 Å². The Labute approximate surface area is 92.8 Å². The molecule has 1 aliphatic heterocycles. The van der Waals surface area contributed by atoms with Crippen LogP contribution in [0.15, 0.2) is 29.4 Å². The highest BCUT2D eigenvalue weighted by Crippen LogP contribution is 2.17. The van der Waals surface area contributed by atoms with Gasteiger partial charge in [-0.3, -0.25) is 4.99 Å². The largest absolute Gasteiger partial charge is 0.389 e. The molecule has 0 aromatic carbocycles. The van der Waals surface area contributed by atoms with E-state index in [4.69, 9.17) is 0 Å². The minimum absolute atomic E-state index is 0.408. The maximum absolute atomic E-state index is 9.32. The molecule has 1 saturated heterocycles. The number of likely N-dealkylation sites (N-methyl/N-ethyl adjacent to an activating group) is 1. The first-order chi connectivity index (χ1) is 6.87. The summed E-state index contributed by atoms with van der Waals surface area (Å²) < 4.78 is 0. The number of likely N-dealkylation sites (tertiary alicyclic amines) is 1. The Morgan fingerprint density at radius 3 is 2.33 bits per heavy atom. The number of hydrogen-bond acceptors (Lipinski definition) is 3. The van der Waals surface area contributed by atoms with E-state index >= 15 is 0 Å². The Bertz CT molecular complexity index is 244. The molecule has 0 bridgehead atoms. The summed E-state index contributed by atoms with van der Waals surface area (Å²) >= 11 is 0. The first-order valence-corrected chi connectivity index (χ1v) is 5.06. The van der Waals surface area contributed by atoms with Crippen LogP contribution in [0.3, 0.4) is 0 Å². The van der Waals surface area contributed by atoms with Crippen molar-refractivity contribution in [3.05, 3.63) is 24.4 Å². The van der Waals surface area contributed by atoms with Crippen LogP contribution in [0, 0.1) is 0 Å². The smallest absolute Gasteiger partial charge is 0.0758 e. The lowest BCUT2D eigenvalue weighted by Gasteiger charge is -2.14. The van der Waals surface area contributed by atoms with Crippen molar-refractivity contribution in [2.75, 3.05) is 20.1 Å². The maximum Gasteiger partial charge on any atom is 0.0758 e. The first-order valence-electron chi connectivity index (χ1n) is 5.06. The summed E-state index contributed by atoms with van der Waals surface area (Å²) in [7, 11) is 2.03. The third-order valence-electron chi connectivity index (χ3n) is 2.11. The molecule has 0 aromatic heterocycles. The molecule has 1 N–H and O–H groups in total. The third-order valence-corrected chi connectivity index (χ3v) is 2.11. The molecule has 1 rings (SSSR count). The van der Waals surface area contributed by atoms with Gasteiger partial charge in [-0.05, 0) is 40.1 Å². The molecular formula is C12H22N2O. The van der Waals surface area contributed by atoms with Crippen LogP contribution >= 0.6 is 0 Å². The van der Waals surface area contributed by atoms with Gasteiger partial charge in [-0.1, -0.05) is 12.2 Å². The van der Waals surface area contributed by atoms with Crippen LogP contribution in [-0.2, 0) is 0 Å². The van der Waals surface area contributed by atoms with Crippen molar-refractivity contribution in [1.82, 2.24) is 4.90 Å². The summed E-state index contributed by atoms with van der Waals surface area (Å²) in [5, 5.41) is 9.32. The van der Waals surface area contributed by atoms with Crippen molar-refractivity contribution < 1.29 is 5.11 Å². The number of aliphatic imine (C=N–C) groups is 1. The highest BCUT2D eigenvalue weighted by Gasteiger charge is 2.28. The minimum atomic E-state index is -0.408. The average molecular weight is 210 g/mol. The molecule has 1 aliphatic rings. The van der Waals surface area contributed by atoms with E-state index in [9.17, 15) is 5.11 Å². The number of hydrogen-bond donors (Lipinski definition) is 1. The predicted molar refractivity (Wildman–Crippen MR) is 66.2 cm³/mol. The second-order valence-corrected chi connectivity index (χ2v) is 4.33. The zero-order valence-corrected chi connectivity index (χ0v) is 10.0. The molecule has 0 saturated carbocycles. The summed E-state index contributed by atoms with van der Waals surface area (Å²) in [6.07, 6.45) is 4.33. The molecule has 1 heterocycles. The minimum Gasteiger partial charge on any atom is -0.389 e. The highest BCUT2D eigenvalue weighted by atomic mass is 16.3. The molecule has 1 unspecified atom stereocenters. The van der Waals surface area contributed by atoms with E-state index < -0.39 is 5.60 Å². The van der Waals surface area contributed by atoms with Crippen LogP contribution in [0.25, 0.3) is 0 Å². The van der Waals surface area contributed by atoms with Crippen molar-refractivity contribution in [3.63, 3.8) is 0 Å². The van der Waals surface area contributed by atoms with E-state index in [1.165, 1.54) is 0 Å². The quantitative estimate of drug-likeness (QED) is 0.557. The Balaban J connectivity index is 0.000000265. The van der Waals surface area contributed by atoms with Crippen LogP contribution in [0.5, 0.6) is 0 Å². The van der Waals surface area contributed by atoms with Gasteiger partial charge in [-0.2, -0.15) is 0 Å². The van der Waals surface area contributed by atoms with E-state index in [0.717, 1.165) is 25.1 Å². The van der Waals surface area contributed by atoms with Gasteiger partial charge in [-0.25, -0.2) is 0 Å². The monoisotopic (exact) mass is 210 g/mol. The van der Waals surface area contributed by atoms with Gasteiger partial charge in [-0.15, -0.1) is 0 Å². The Morgan fingerprint density at radius 2 is 2.20 bits per heavy atom. The van der Waals surface area contributed by atoms with Crippen molar-refractivity contribution in [1.29, 1.82) is 0 Å². The fourth-order valence-corrected chi connectivity index (χ4v) is 1.35. The topological polar surface area (TPSA) is 35.8 Å². The molecule has 0 spiro atoms. The van der Waals surface area contributed by atoms with Gasteiger partial charge < -0.3 is 10.0 Å². The molecule has 1 atom stereocenters. The van der Waals surface area contributed by atoms with Gasteiger partial charge in [0.2, 0.25) is 0 Å². The van der Waals surface area contributed by atoms with E-state index in [-0.39, 0.29) is 0 Å². The molecule has 0 aliphatic carbocycles. The third kappa shape index (κ3) is 8.09. The molecule has 3 heteroatoms. The van der Waals surface area contributed by atoms with Gasteiger partial charge in [0.1, 0.15) is 0 Å². The summed E-state index contributed by atoms with van der Waals surface area (Å²) in [5.74, 6) is 0. The van der Waals surface area contributed by atoms with Gasteiger partial charge in [0.05, 0.1) is 5.60 Å². The first kappa shape index (κ1) is 14.1. The summed E-state index contributed by atoms with van der Waals surface area (Å²) in [5.41, 5.74) is 0.585. The molecule has 86 valence electrons. The van der Waals surface area contributed by atoms with E-state index in [1.54, 1.807) is 12.3 Å². The number of rotatable bonds is 2. The van der Waals surface area contributed by atoms with Crippen molar-refractivity contribution in [3.8, 4) is 0 Å². The van der Waals surface area contributed by atoms with Gasteiger partial charge in [0.25, 0.3) is 0 Å². The van der Waals surface area contributed by atoms with Crippen molar-refractivity contribution in [2.24, 2.45) is 4.99 Å². The summed E-state index contributed by atoms with van der Waals surface area (Å²) in [6.45, 7) is 12.5. The van der Waals surface area contributed by atoms with Gasteiger partial charge in [0.15, 0.2) is 0 Å². The second kappa shape index (κ2) is 6.53. The molecule has 1 fully saturated rings. The lowest BCUT2D eigenvalue weighted by Crippen LogP contribution is -2.27. The number of allylic oxidation sites excluding steroid dienone is 2. The van der Waals surface area contributed by atoms with E-state index in [1.807, 2.05) is 20.9 Å². The molecule has 0 amide bonds. The molecule has 0 aromatic rings. The molecule has 15 heavy (non-hydrogen) atoms. The second-order valence-electron chi connectivity index (χ2n) is 4.33. The summed E-state index contributed by atoms with van der Waals surface area (Å²) in [4.78, 5) is 5.62. The molecule has 0 radical (unpaired) electrons. The zero-order chi connectivity index (χ0) is 11.9. The standard InChI is InChI=1S/C6H13NO.C6H9N/c1-6(8)3-4-7(2)5-6;1-6(2)4-5-7-3/h8H,3-5H2,1-2H3;4-5H,1,3H2,2H3/b;5-4-. The number of β-amino-alcohol motifs (C(OH)–C–C–N with tert-alkyl or cyclic N) is 1. The van der Waals surface area contributed by atoms with Crippen LogP contribution in [0.4, 0.5) is 0 Å². The normalized spacial score (nSPS) is 26.1. The van der Waals surface area contributed by atoms with Crippen LogP contribution in [-0.4, -0.2) is 42.5 Å². The van der Waals surface area contributed by atoms with E-state index in [2.05, 4.69) is 23.2 Å². The van der Waals surface area contributed by atoms with Crippen molar-refractivity contribution in [2.45, 2.75) is 25.9 Å². The molecular weight excluding hydrogens is 188 g/mol. The van der Waals surface area contributed by atoms with Gasteiger partial charge >= 0.3 is 0 Å². The molecule has 3 nitrogen and oxygen atoms in total. The summed E-state index contributed by atoms with van der Waals surface area (Å²) in [6, 6.07) is 0. The lowest BCUT2D eigenvalue weighted by molar-refractivity contribution is 0.0719. The van der Waals surface area contributed by atoms with Crippen LogP contribution in [0.1, 0.15) is 20.3 Å². The fraction of sp³-hybridized carbons (Fsp3) is 0.583. The average Bonchev–Trinajstić information content (AvgIpc) is 2.41. The predicted octanol–water partition coefficient (Wildman–Crippen LogP) is 1.85. The fourth-order valence-electron chi connectivity index (χ4n) is 1.35. The lowest BCUT2D eigenvalue weighted by atomic mass is 10.1. The Kier molecular flexibility index (Phi) is 6.13. The Morgan fingerprint density at radius 1 is 1.60 bits per heavy atom. The van der Waals surface area contributed by atoms with E-state index in [0.29, 0.717) is 0 Å². The maximum atomic E-state index is 9.32.